The third-order valence-electron chi connectivity index (χ3n) is 12.3. The lowest BCUT2D eigenvalue weighted by atomic mass is 9.70. The van der Waals surface area contributed by atoms with E-state index < -0.39 is 13.5 Å². The summed E-state index contributed by atoms with van der Waals surface area (Å²) in [6.45, 7) is 5.02. The van der Waals surface area contributed by atoms with Crippen LogP contribution in [0.1, 0.15) is 22.3 Å². The summed E-state index contributed by atoms with van der Waals surface area (Å²) < 4.78 is 0. The number of hydrogen-bond donors (Lipinski definition) is 0. The van der Waals surface area contributed by atoms with Gasteiger partial charge >= 0.3 is 0 Å². The zero-order valence-corrected chi connectivity index (χ0v) is 30.8. The maximum absolute atomic E-state index is 2.53. The summed E-state index contributed by atoms with van der Waals surface area (Å²) in [5.41, 5.74) is 19.1. The van der Waals surface area contributed by atoms with Crippen LogP contribution in [0.25, 0.3) is 44.5 Å². The minimum Gasteiger partial charge on any atom is -0.310 e. The Kier molecular flexibility index (Phi) is 6.39. The molecule has 1 heterocycles. The Bertz CT molecular complexity index is 2710. The van der Waals surface area contributed by atoms with Crippen LogP contribution >= 0.6 is 0 Å². The molecule has 53 heavy (non-hydrogen) atoms. The second kappa shape index (κ2) is 11.1. The van der Waals surface area contributed by atoms with Crippen molar-refractivity contribution in [2.75, 3.05) is 4.90 Å². The number of anilines is 3. The Morgan fingerprint density at radius 2 is 0.887 bits per heavy atom. The van der Waals surface area contributed by atoms with Gasteiger partial charge in [-0.2, -0.15) is 0 Å². The minimum absolute atomic E-state index is 0.396. The molecular weight excluding hydrogens is 655 g/mol. The average Bonchev–Trinajstić information content (AvgIpc) is 3.78. The van der Waals surface area contributed by atoms with Crippen LogP contribution < -0.4 is 15.3 Å². The van der Waals surface area contributed by atoms with Gasteiger partial charge in [0, 0.05) is 16.9 Å². The molecule has 0 bridgehead atoms. The molecule has 8 aromatic carbocycles. The Morgan fingerprint density at radius 1 is 0.377 bits per heavy atom. The maximum Gasteiger partial charge on any atom is 0.113 e. The van der Waals surface area contributed by atoms with Crippen molar-refractivity contribution in [3.63, 3.8) is 0 Å². The van der Waals surface area contributed by atoms with Crippen molar-refractivity contribution < 1.29 is 0 Å². The van der Waals surface area contributed by atoms with E-state index in [0.29, 0.717) is 0 Å². The summed E-state index contributed by atoms with van der Waals surface area (Å²) in [6.07, 6.45) is 0. The van der Waals surface area contributed by atoms with Crippen molar-refractivity contribution >= 4 is 35.5 Å². The largest absolute Gasteiger partial charge is 0.310 e. The summed E-state index contributed by atoms with van der Waals surface area (Å²) >= 11 is 0. The van der Waals surface area contributed by atoms with E-state index >= 15 is 0 Å². The average molecular weight is 692 g/mol. The molecule has 3 aliphatic rings. The molecule has 0 fully saturated rings. The highest BCUT2D eigenvalue weighted by Crippen LogP contribution is 2.64. The highest BCUT2D eigenvalue weighted by atomic mass is 28.3. The van der Waals surface area contributed by atoms with Gasteiger partial charge < -0.3 is 4.90 Å². The second-order valence-corrected chi connectivity index (χ2v) is 19.6. The van der Waals surface area contributed by atoms with Crippen molar-refractivity contribution in [3.8, 4) is 44.5 Å². The molecule has 8 aromatic rings. The minimum atomic E-state index is -1.92. The summed E-state index contributed by atoms with van der Waals surface area (Å²) in [5.74, 6) is 0. The van der Waals surface area contributed by atoms with Gasteiger partial charge in [0.2, 0.25) is 0 Å². The van der Waals surface area contributed by atoms with Crippen molar-refractivity contribution in [2.24, 2.45) is 0 Å². The van der Waals surface area contributed by atoms with Crippen LogP contribution in [-0.4, -0.2) is 8.07 Å². The fourth-order valence-corrected chi connectivity index (χ4v) is 13.1. The van der Waals surface area contributed by atoms with Crippen molar-refractivity contribution in [2.45, 2.75) is 18.5 Å². The van der Waals surface area contributed by atoms with Crippen LogP contribution in [0.4, 0.5) is 17.1 Å². The van der Waals surface area contributed by atoms with Crippen LogP contribution in [0.15, 0.2) is 188 Å². The lowest BCUT2D eigenvalue weighted by Crippen LogP contribution is -2.49. The van der Waals surface area contributed by atoms with Crippen molar-refractivity contribution in [1.82, 2.24) is 0 Å². The number of rotatable bonds is 4. The fraction of sp³-hybridized carbons (Fsp3) is 0.0588. The SMILES string of the molecule is C[Si]1(C)c2ccccc2-c2ccc(N(c3ccc(-c4ccccc4)cc3)c3cccc4c3-c3ccccc3C43c4ccccc4-c4ccccc43)cc21. The lowest BCUT2D eigenvalue weighted by Gasteiger charge is -2.32. The monoisotopic (exact) mass is 691 g/mol. The van der Waals surface area contributed by atoms with E-state index in [-0.39, 0.29) is 0 Å². The molecule has 0 saturated carbocycles. The predicted octanol–water partition coefficient (Wildman–Crippen LogP) is 12.0. The number of benzene rings is 8. The summed E-state index contributed by atoms with van der Waals surface area (Å²) in [7, 11) is -1.92. The Hall–Kier alpha value is -6.22. The van der Waals surface area contributed by atoms with E-state index in [2.05, 4.69) is 206 Å². The Labute approximate surface area is 312 Å². The molecule has 0 N–H and O–H groups in total. The number of hydrogen-bond acceptors (Lipinski definition) is 1. The van der Waals surface area contributed by atoms with Gasteiger partial charge in [-0.1, -0.05) is 171 Å². The summed E-state index contributed by atoms with van der Waals surface area (Å²) in [5, 5.41) is 3.03. The predicted molar refractivity (Wildman–Crippen MR) is 225 cm³/mol. The molecule has 0 radical (unpaired) electrons. The van der Waals surface area contributed by atoms with Crippen LogP contribution in [0.3, 0.4) is 0 Å². The van der Waals surface area contributed by atoms with E-state index in [4.69, 9.17) is 0 Å². The topological polar surface area (TPSA) is 3.24 Å². The summed E-state index contributed by atoms with van der Waals surface area (Å²) in [4.78, 5) is 2.53. The van der Waals surface area contributed by atoms with Gasteiger partial charge in [0.05, 0.1) is 11.1 Å². The molecule has 0 amide bonds. The van der Waals surface area contributed by atoms with Gasteiger partial charge in [0.15, 0.2) is 0 Å². The first kappa shape index (κ1) is 30.4. The molecule has 0 aromatic heterocycles. The molecular formula is C51H37NSi. The van der Waals surface area contributed by atoms with Crippen molar-refractivity contribution in [3.05, 3.63) is 210 Å². The molecule has 1 spiro atoms. The highest BCUT2D eigenvalue weighted by Gasteiger charge is 2.52. The quantitative estimate of drug-likeness (QED) is 0.166. The van der Waals surface area contributed by atoms with Gasteiger partial charge in [0.1, 0.15) is 8.07 Å². The first-order valence-corrected chi connectivity index (χ1v) is 21.7. The Morgan fingerprint density at radius 3 is 1.58 bits per heavy atom. The van der Waals surface area contributed by atoms with Gasteiger partial charge in [0.25, 0.3) is 0 Å². The molecule has 250 valence electrons. The molecule has 2 heteroatoms. The molecule has 2 aliphatic carbocycles. The second-order valence-electron chi connectivity index (χ2n) is 15.2. The zero-order valence-electron chi connectivity index (χ0n) is 29.8. The maximum atomic E-state index is 2.53. The van der Waals surface area contributed by atoms with Crippen molar-refractivity contribution in [1.29, 1.82) is 0 Å². The van der Waals surface area contributed by atoms with Gasteiger partial charge in [-0.15, -0.1) is 0 Å². The van der Waals surface area contributed by atoms with E-state index in [1.807, 2.05) is 0 Å². The normalized spacial score (nSPS) is 14.5. The van der Waals surface area contributed by atoms with Crippen LogP contribution in [0.2, 0.25) is 13.1 Å². The van der Waals surface area contributed by atoms with Crippen LogP contribution in [-0.2, 0) is 5.41 Å². The first-order valence-electron chi connectivity index (χ1n) is 18.7. The Balaban J connectivity index is 1.18. The van der Waals surface area contributed by atoms with E-state index in [1.54, 1.807) is 0 Å². The molecule has 1 nitrogen and oxygen atoms in total. The first-order chi connectivity index (χ1) is 26.1. The summed E-state index contributed by atoms with van der Waals surface area (Å²) in [6, 6.07) is 70.5. The van der Waals surface area contributed by atoms with E-state index in [0.717, 1.165) is 5.69 Å². The van der Waals surface area contributed by atoms with Crippen LogP contribution in [0.5, 0.6) is 0 Å². The fourth-order valence-electron chi connectivity index (χ4n) is 10.0. The molecule has 0 saturated heterocycles. The highest BCUT2D eigenvalue weighted by molar-refractivity contribution is 7.03. The standard InChI is InChI=1S/C51H37NSi/c1-53(2)48-26-13-9-19-40(48)41-32-31-37(33-49(41)53)52(36-29-27-35(28-30-36)34-15-4-3-5-16-34)47-25-14-24-46-50(47)42-20-8-12-23-45(42)51(46)43-21-10-6-17-38(43)39-18-7-11-22-44(39)51/h3-33H,1-2H3. The lowest BCUT2D eigenvalue weighted by molar-refractivity contribution is 0.794. The van der Waals surface area contributed by atoms with Crippen LogP contribution in [0, 0.1) is 0 Å². The smallest absolute Gasteiger partial charge is 0.113 e. The number of nitrogens with zero attached hydrogens (tertiary/aromatic N) is 1. The van der Waals surface area contributed by atoms with Gasteiger partial charge in [-0.25, -0.2) is 0 Å². The van der Waals surface area contributed by atoms with Gasteiger partial charge in [-0.05, 0) is 102 Å². The van der Waals surface area contributed by atoms with Gasteiger partial charge in [-0.3, -0.25) is 0 Å². The third-order valence-corrected chi connectivity index (χ3v) is 15.8. The zero-order chi connectivity index (χ0) is 35.3. The number of fused-ring (bicyclic) bond motifs is 13. The molecule has 0 atom stereocenters. The third kappa shape index (κ3) is 4.07. The van der Waals surface area contributed by atoms with E-state index in [9.17, 15) is 0 Å². The van der Waals surface area contributed by atoms with E-state index in [1.165, 1.54) is 88.5 Å². The molecule has 0 unspecified atom stereocenters. The molecule has 11 rings (SSSR count). The molecule has 1 aliphatic heterocycles.